The summed E-state index contributed by atoms with van der Waals surface area (Å²) in [6.45, 7) is 5.85. The molecule has 0 spiro atoms. The molecule has 0 saturated heterocycles. The third-order valence-electron chi connectivity index (χ3n) is 3.21. The summed E-state index contributed by atoms with van der Waals surface area (Å²) in [5, 5.41) is 10.9. The first-order valence-corrected chi connectivity index (χ1v) is 7.65. The van der Waals surface area contributed by atoms with Crippen molar-refractivity contribution in [1.29, 1.82) is 0 Å². The maximum absolute atomic E-state index is 4.25. The Hall–Kier alpha value is -1.81. The molecule has 2 N–H and O–H groups in total. The van der Waals surface area contributed by atoms with Gasteiger partial charge in [-0.25, -0.2) is 0 Å². The molecule has 0 radical (unpaired) electrons. The van der Waals surface area contributed by atoms with Crippen LogP contribution in [-0.2, 0) is 13.1 Å². The molecule has 0 bridgehead atoms. The molecule has 0 amide bonds. The number of rotatable bonds is 4. The third kappa shape index (κ3) is 4.10. The Bertz CT molecular complexity index is 573. The SMILES string of the molecule is CN=C(NCc1ccsc1)NCc1ccc(C)cc1C. The number of hydrogen-bond donors (Lipinski definition) is 2. The Morgan fingerprint density at radius 3 is 2.60 bits per heavy atom. The molecule has 106 valence electrons. The van der Waals surface area contributed by atoms with Crippen molar-refractivity contribution in [3.05, 3.63) is 57.3 Å². The molecule has 4 heteroatoms. The monoisotopic (exact) mass is 287 g/mol. The molecule has 0 atom stereocenters. The van der Waals surface area contributed by atoms with Crippen molar-refractivity contribution < 1.29 is 0 Å². The highest BCUT2D eigenvalue weighted by molar-refractivity contribution is 7.07. The van der Waals surface area contributed by atoms with Crippen LogP contribution in [0.25, 0.3) is 0 Å². The van der Waals surface area contributed by atoms with Gasteiger partial charge in [-0.2, -0.15) is 11.3 Å². The zero-order valence-electron chi connectivity index (χ0n) is 12.2. The largest absolute Gasteiger partial charge is 0.352 e. The molecule has 2 rings (SSSR count). The van der Waals surface area contributed by atoms with E-state index in [2.05, 4.69) is 64.5 Å². The van der Waals surface area contributed by atoms with E-state index in [1.165, 1.54) is 22.3 Å². The molecular formula is C16H21N3S. The molecule has 0 unspecified atom stereocenters. The van der Waals surface area contributed by atoms with Crippen molar-refractivity contribution in [3.8, 4) is 0 Å². The summed E-state index contributed by atoms with van der Waals surface area (Å²) in [5.41, 5.74) is 5.19. The van der Waals surface area contributed by atoms with Crippen LogP contribution in [0.5, 0.6) is 0 Å². The summed E-state index contributed by atoms with van der Waals surface area (Å²) in [6.07, 6.45) is 0. The zero-order valence-corrected chi connectivity index (χ0v) is 13.1. The van der Waals surface area contributed by atoms with Crippen LogP contribution in [0.3, 0.4) is 0 Å². The smallest absolute Gasteiger partial charge is 0.191 e. The summed E-state index contributed by atoms with van der Waals surface area (Å²) in [5.74, 6) is 0.830. The van der Waals surface area contributed by atoms with Crippen LogP contribution in [0.2, 0.25) is 0 Å². The van der Waals surface area contributed by atoms with Gasteiger partial charge in [0.2, 0.25) is 0 Å². The number of nitrogens with one attached hydrogen (secondary N) is 2. The first-order valence-electron chi connectivity index (χ1n) is 6.71. The standard InChI is InChI=1S/C16H21N3S/c1-12-4-5-15(13(2)8-12)10-19-16(17-3)18-9-14-6-7-20-11-14/h4-8,11H,9-10H2,1-3H3,(H2,17,18,19). The van der Waals surface area contributed by atoms with Gasteiger partial charge in [0.05, 0.1) is 0 Å². The van der Waals surface area contributed by atoms with Gasteiger partial charge in [-0.15, -0.1) is 0 Å². The lowest BCUT2D eigenvalue weighted by Gasteiger charge is -2.13. The second kappa shape index (κ2) is 7.10. The lowest BCUT2D eigenvalue weighted by molar-refractivity contribution is 0.807. The van der Waals surface area contributed by atoms with E-state index in [1.807, 2.05) is 0 Å². The highest BCUT2D eigenvalue weighted by atomic mass is 32.1. The Labute approximate surface area is 124 Å². The van der Waals surface area contributed by atoms with Crippen molar-refractivity contribution in [3.63, 3.8) is 0 Å². The molecule has 0 saturated carbocycles. The average Bonchev–Trinajstić information content (AvgIpc) is 2.94. The summed E-state index contributed by atoms with van der Waals surface area (Å²) in [4.78, 5) is 4.25. The van der Waals surface area contributed by atoms with E-state index in [0.717, 1.165) is 19.0 Å². The van der Waals surface area contributed by atoms with Gasteiger partial charge in [0.15, 0.2) is 5.96 Å². The molecule has 0 aliphatic rings. The number of aliphatic imine (C=N–C) groups is 1. The number of thiophene rings is 1. The van der Waals surface area contributed by atoms with E-state index < -0.39 is 0 Å². The molecule has 20 heavy (non-hydrogen) atoms. The molecule has 1 heterocycles. The topological polar surface area (TPSA) is 36.4 Å². The summed E-state index contributed by atoms with van der Waals surface area (Å²) < 4.78 is 0. The Kier molecular flexibility index (Phi) is 5.18. The quantitative estimate of drug-likeness (QED) is 0.669. The Morgan fingerprint density at radius 2 is 1.95 bits per heavy atom. The number of nitrogens with zero attached hydrogens (tertiary/aromatic N) is 1. The van der Waals surface area contributed by atoms with Crippen LogP contribution in [0.4, 0.5) is 0 Å². The maximum atomic E-state index is 4.25. The van der Waals surface area contributed by atoms with E-state index in [4.69, 9.17) is 0 Å². The van der Waals surface area contributed by atoms with Crippen LogP contribution < -0.4 is 10.6 Å². The first kappa shape index (κ1) is 14.6. The number of hydrogen-bond acceptors (Lipinski definition) is 2. The molecule has 0 fully saturated rings. The minimum absolute atomic E-state index is 0.787. The van der Waals surface area contributed by atoms with Crippen LogP contribution in [0.1, 0.15) is 22.3 Å². The zero-order chi connectivity index (χ0) is 14.4. The maximum Gasteiger partial charge on any atom is 0.191 e. The molecule has 0 aliphatic carbocycles. The van der Waals surface area contributed by atoms with Crippen LogP contribution >= 0.6 is 11.3 Å². The Balaban J connectivity index is 1.87. The van der Waals surface area contributed by atoms with Crippen molar-refractivity contribution in [2.24, 2.45) is 4.99 Å². The minimum Gasteiger partial charge on any atom is -0.352 e. The number of aryl methyl sites for hydroxylation is 2. The lowest BCUT2D eigenvalue weighted by Crippen LogP contribution is -2.36. The van der Waals surface area contributed by atoms with Gasteiger partial charge in [0, 0.05) is 20.1 Å². The van der Waals surface area contributed by atoms with Crippen molar-refractivity contribution in [2.45, 2.75) is 26.9 Å². The van der Waals surface area contributed by atoms with E-state index in [1.54, 1.807) is 18.4 Å². The first-order chi connectivity index (χ1) is 9.69. The number of benzene rings is 1. The molecular weight excluding hydrogens is 266 g/mol. The Morgan fingerprint density at radius 1 is 1.15 bits per heavy atom. The predicted octanol–water partition coefficient (Wildman–Crippen LogP) is 3.23. The van der Waals surface area contributed by atoms with Crippen LogP contribution in [0, 0.1) is 13.8 Å². The van der Waals surface area contributed by atoms with E-state index in [0.29, 0.717) is 0 Å². The van der Waals surface area contributed by atoms with E-state index >= 15 is 0 Å². The van der Waals surface area contributed by atoms with E-state index in [9.17, 15) is 0 Å². The van der Waals surface area contributed by atoms with E-state index in [-0.39, 0.29) is 0 Å². The third-order valence-corrected chi connectivity index (χ3v) is 3.94. The fourth-order valence-electron chi connectivity index (χ4n) is 2.02. The number of guanidine groups is 1. The van der Waals surface area contributed by atoms with Crippen LogP contribution in [0.15, 0.2) is 40.0 Å². The molecule has 3 nitrogen and oxygen atoms in total. The fraction of sp³-hybridized carbons (Fsp3) is 0.312. The van der Waals surface area contributed by atoms with Crippen molar-refractivity contribution in [1.82, 2.24) is 10.6 Å². The molecule has 1 aromatic heterocycles. The van der Waals surface area contributed by atoms with Gasteiger partial charge in [0.1, 0.15) is 0 Å². The summed E-state index contributed by atoms with van der Waals surface area (Å²) >= 11 is 1.71. The van der Waals surface area contributed by atoms with Crippen molar-refractivity contribution in [2.75, 3.05) is 7.05 Å². The fourth-order valence-corrected chi connectivity index (χ4v) is 2.69. The summed E-state index contributed by atoms with van der Waals surface area (Å²) in [6, 6.07) is 8.64. The van der Waals surface area contributed by atoms with Gasteiger partial charge >= 0.3 is 0 Å². The molecule has 2 aromatic rings. The minimum atomic E-state index is 0.787. The lowest BCUT2D eigenvalue weighted by atomic mass is 10.1. The van der Waals surface area contributed by atoms with Gasteiger partial charge in [-0.05, 0) is 47.4 Å². The van der Waals surface area contributed by atoms with Gasteiger partial charge in [0.25, 0.3) is 0 Å². The molecule has 0 aliphatic heterocycles. The highest BCUT2D eigenvalue weighted by Crippen LogP contribution is 2.10. The van der Waals surface area contributed by atoms with Gasteiger partial charge in [-0.3, -0.25) is 4.99 Å². The second-order valence-corrected chi connectivity index (χ2v) is 5.62. The normalized spacial score (nSPS) is 11.4. The predicted molar refractivity (Wildman–Crippen MR) is 87.3 cm³/mol. The van der Waals surface area contributed by atoms with Gasteiger partial charge < -0.3 is 10.6 Å². The molecule has 1 aromatic carbocycles. The van der Waals surface area contributed by atoms with Gasteiger partial charge in [-0.1, -0.05) is 23.8 Å². The highest BCUT2D eigenvalue weighted by Gasteiger charge is 2.01. The van der Waals surface area contributed by atoms with Crippen molar-refractivity contribution >= 4 is 17.3 Å². The van der Waals surface area contributed by atoms with Crippen LogP contribution in [-0.4, -0.2) is 13.0 Å². The average molecular weight is 287 g/mol. The second-order valence-electron chi connectivity index (χ2n) is 4.84. The summed E-state index contributed by atoms with van der Waals surface area (Å²) in [7, 11) is 1.80.